The molecule has 0 aromatic heterocycles. The third kappa shape index (κ3) is 4.35. The molecule has 3 N–H and O–H groups in total. The van der Waals surface area contributed by atoms with Gasteiger partial charge in [-0.1, -0.05) is 29.9 Å². The molecular formula is C7H9N3S3. The molecule has 0 aliphatic carbocycles. The van der Waals surface area contributed by atoms with Gasteiger partial charge in [0.2, 0.25) is 5.96 Å². The SMILES string of the molecule is NC(=Nc1ccccc1)NSSS. The van der Waals surface area contributed by atoms with Crippen LogP contribution in [-0.4, -0.2) is 5.96 Å². The largest absolute Gasteiger partial charge is 0.369 e. The summed E-state index contributed by atoms with van der Waals surface area (Å²) in [5.41, 5.74) is 6.39. The van der Waals surface area contributed by atoms with E-state index in [4.69, 9.17) is 5.73 Å². The van der Waals surface area contributed by atoms with Crippen LogP contribution < -0.4 is 10.5 Å². The van der Waals surface area contributed by atoms with Gasteiger partial charge in [-0.05, 0) is 22.0 Å². The van der Waals surface area contributed by atoms with E-state index < -0.39 is 0 Å². The summed E-state index contributed by atoms with van der Waals surface area (Å²) in [7, 11) is 2.59. The van der Waals surface area contributed by atoms with E-state index in [0.717, 1.165) is 5.69 Å². The number of aliphatic imine (C=N–C) groups is 1. The predicted octanol–water partition coefficient (Wildman–Crippen LogP) is 2.36. The zero-order valence-electron chi connectivity index (χ0n) is 6.68. The van der Waals surface area contributed by atoms with Crippen LogP contribution in [-0.2, 0) is 0 Å². The lowest BCUT2D eigenvalue weighted by Gasteiger charge is -2.00. The first kappa shape index (κ1) is 10.6. The summed E-state index contributed by atoms with van der Waals surface area (Å²) >= 11 is 3.93. The van der Waals surface area contributed by atoms with Crippen molar-refractivity contribution in [1.82, 2.24) is 4.72 Å². The average Bonchev–Trinajstić information content (AvgIpc) is 2.16. The van der Waals surface area contributed by atoms with Crippen LogP contribution in [0.3, 0.4) is 0 Å². The third-order valence-corrected chi connectivity index (χ3v) is 2.70. The second-order valence-corrected chi connectivity index (χ2v) is 4.90. The topological polar surface area (TPSA) is 50.4 Å². The second kappa shape index (κ2) is 6.06. The normalized spacial score (nSPS) is 11.3. The first-order chi connectivity index (χ1) is 6.33. The van der Waals surface area contributed by atoms with Crippen molar-refractivity contribution in [3.8, 4) is 0 Å². The number of para-hydroxylation sites is 1. The molecule has 6 heteroatoms. The molecule has 13 heavy (non-hydrogen) atoms. The molecule has 0 aliphatic rings. The Balaban J connectivity index is 2.55. The number of hydrogen-bond acceptors (Lipinski definition) is 4. The standard InChI is InChI=1S/C7H9N3S3/c8-7(10-12-13-11)9-6-4-2-1-3-5-6/h1-5,11H,(H3,8,9,10). The third-order valence-electron chi connectivity index (χ3n) is 1.19. The highest BCUT2D eigenvalue weighted by molar-refractivity contribution is 9.05. The van der Waals surface area contributed by atoms with Gasteiger partial charge in [0.25, 0.3) is 0 Å². The molecule has 0 atom stereocenters. The minimum atomic E-state index is 0.373. The molecule has 0 bridgehead atoms. The van der Waals surface area contributed by atoms with E-state index in [-0.39, 0.29) is 0 Å². The van der Waals surface area contributed by atoms with Crippen molar-refractivity contribution >= 4 is 44.1 Å². The quantitative estimate of drug-likeness (QED) is 0.246. The molecule has 0 radical (unpaired) electrons. The number of nitrogens with zero attached hydrogens (tertiary/aromatic N) is 1. The van der Waals surface area contributed by atoms with Crippen LogP contribution >= 0.6 is 32.5 Å². The van der Waals surface area contributed by atoms with Gasteiger partial charge < -0.3 is 5.73 Å². The van der Waals surface area contributed by atoms with Crippen LogP contribution in [0.2, 0.25) is 0 Å². The molecule has 0 aliphatic heterocycles. The monoisotopic (exact) mass is 231 g/mol. The van der Waals surface area contributed by atoms with E-state index in [1.54, 1.807) is 0 Å². The number of thiol groups is 1. The fourth-order valence-corrected chi connectivity index (χ4v) is 1.60. The summed E-state index contributed by atoms with van der Waals surface area (Å²) in [5.74, 6) is 0.373. The van der Waals surface area contributed by atoms with Crippen LogP contribution in [0.4, 0.5) is 5.69 Å². The summed E-state index contributed by atoms with van der Waals surface area (Å²) in [6, 6.07) is 9.51. The molecule has 0 amide bonds. The van der Waals surface area contributed by atoms with E-state index in [1.807, 2.05) is 30.3 Å². The van der Waals surface area contributed by atoms with Crippen molar-refractivity contribution < 1.29 is 0 Å². The Morgan fingerprint density at radius 3 is 2.69 bits per heavy atom. The smallest absolute Gasteiger partial charge is 0.204 e. The van der Waals surface area contributed by atoms with Crippen molar-refractivity contribution in [1.29, 1.82) is 0 Å². The Kier molecular flexibility index (Phi) is 4.95. The minimum absolute atomic E-state index is 0.373. The minimum Gasteiger partial charge on any atom is -0.369 e. The highest BCUT2D eigenvalue weighted by Crippen LogP contribution is 2.20. The number of nitrogens with one attached hydrogen (secondary N) is 1. The van der Waals surface area contributed by atoms with Crippen molar-refractivity contribution in [2.75, 3.05) is 0 Å². The van der Waals surface area contributed by atoms with Gasteiger partial charge >= 0.3 is 0 Å². The lowest BCUT2D eigenvalue weighted by atomic mass is 10.3. The van der Waals surface area contributed by atoms with Gasteiger partial charge in [-0.15, -0.1) is 0 Å². The average molecular weight is 231 g/mol. The van der Waals surface area contributed by atoms with E-state index in [2.05, 4.69) is 21.4 Å². The van der Waals surface area contributed by atoms with Crippen molar-refractivity contribution in [2.24, 2.45) is 10.7 Å². The van der Waals surface area contributed by atoms with E-state index in [0.29, 0.717) is 5.96 Å². The van der Waals surface area contributed by atoms with Crippen LogP contribution in [0.25, 0.3) is 0 Å². The lowest BCUT2D eigenvalue weighted by molar-refractivity contribution is 1.36. The first-order valence-corrected chi connectivity index (χ1v) is 6.65. The highest BCUT2D eigenvalue weighted by atomic mass is 33.5. The predicted molar refractivity (Wildman–Crippen MR) is 65.0 cm³/mol. The molecule has 1 rings (SSSR count). The zero-order valence-corrected chi connectivity index (χ0v) is 9.20. The fraction of sp³-hybridized carbons (Fsp3) is 0. The molecule has 0 unspecified atom stereocenters. The molecule has 0 heterocycles. The van der Waals surface area contributed by atoms with E-state index >= 15 is 0 Å². The van der Waals surface area contributed by atoms with Gasteiger partial charge in [-0.2, -0.15) is 0 Å². The summed E-state index contributed by atoms with van der Waals surface area (Å²) in [4.78, 5) is 4.11. The number of hydrogen-bond donors (Lipinski definition) is 3. The van der Waals surface area contributed by atoms with E-state index in [9.17, 15) is 0 Å². The van der Waals surface area contributed by atoms with Crippen molar-refractivity contribution in [3.05, 3.63) is 30.3 Å². The Morgan fingerprint density at radius 2 is 2.08 bits per heavy atom. The van der Waals surface area contributed by atoms with Gasteiger partial charge in [0.1, 0.15) is 0 Å². The molecule has 1 aromatic rings. The van der Waals surface area contributed by atoms with Crippen LogP contribution in [0.5, 0.6) is 0 Å². The number of benzene rings is 1. The highest BCUT2D eigenvalue weighted by Gasteiger charge is 1.91. The Morgan fingerprint density at radius 1 is 1.38 bits per heavy atom. The molecule has 3 nitrogen and oxygen atoms in total. The van der Waals surface area contributed by atoms with Crippen molar-refractivity contribution in [3.63, 3.8) is 0 Å². The summed E-state index contributed by atoms with van der Waals surface area (Å²) in [6.45, 7) is 0. The molecule has 0 fully saturated rings. The fourth-order valence-electron chi connectivity index (χ4n) is 0.726. The van der Waals surface area contributed by atoms with Gasteiger partial charge in [0.05, 0.1) is 5.69 Å². The molecule has 0 saturated carbocycles. The molecular weight excluding hydrogens is 222 g/mol. The van der Waals surface area contributed by atoms with E-state index in [1.165, 1.54) is 20.8 Å². The molecule has 70 valence electrons. The molecule has 0 spiro atoms. The maximum Gasteiger partial charge on any atom is 0.204 e. The van der Waals surface area contributed by atoms with Gasteiger partial charge in [-0.25, -0.2) is 4.99 Å². The lowest BCUT2D eigenvalue weighted by Crippen LogP contribution is -2.24. The number of guanidine groups is 1. The molecule has 1 aromatic carbocycles. The zero-order chi connectivity index (χ0) is 9.52. The summed E-state index contributed by atoms with van der Waals surface area (Å²) in [6.07, 6.45) is 0. The Bertz CT molecular complexity index is 276. The number of nitrogens with two attached hydrogens (primary N) is 1. The van der Waals surface area contributed by atoms with Crippen molar-refractivity contribution in [2.45, 2.75) is 0 Å². The Labute approximate surface area is 89.9 Å². The summed E-state index contributed by atoms with van der Waals surface area (Å²) < 4.78 is 2.81. The van der Waals surface area contributed by atoms with Crippen LogP contribution in [0.15, 0.2) is 35.3 Å². The molecule has 0 saturated heterocycles. The van der Waals surface area contributed by atoms with Crippen LogP contribution in [0, 0.1) is 0 Å². The maximum absolute atomic E-state index is 5.56. The number of rotatable bonds is 3. The maximum atomic E-state index is 5.56. The first-order valence-electron chi connectivity index (χ1n) is 3.45. The van der Waals surface area contributed by atoms with Gasteiger partial charge in [-0.3, -0.25) is 4.72 Å². The van der Waals surface area contributed by atoms with Gasteiger partial charge in [0.15, 0.2) is 0 Å². The second-order valence-electron chi connectivity index (χ2n) is 2.09. The Hall–Kier alpha value is -0.460. The van der Waals surface area contributed by atoms with Gasteiger partial charge in [0, 0.05) is 11.0 Å². The summed E-state index contributed by atoms with van der Waals surface area (Å²) in [5, 5.41) is 0. The van der Waals surface area contributed by atoms with Crippen LogP contribution in [0.1, 0.15) is 0 Å².